The number of carboxylic acid groups (broad SMARTS) is 1. The van der Waals surface area contributed by atoms with Crippen molar-refractivity contribution in [3.8, 4) is 0 Å². The van der Waals surface area contributed by atoms with Crippen molar-refractivity contribution < 1.29 is 14.7 Å². The lowest BCUT2D eigenvalue weighted by Crippen LogP contribution is -2.59. The van der Waals surface area contributed by atoms with Crippen LogP contribution in [0.4, 0.5) is 4.79 Å². The Morgan fingerprint density at radius 2 is 1.90 bits per heavy atom. The lowest BCUT2D eigenvalue weighted by molar-refractivity contribution is -0.148. The van der Waals surface area contributed by atoms with Gasteiger partial charge in [0.2, 0.25) is 0 Å². The van der Waals surface area contributed by atoms with Crippen molar-refractivity contribution in [3.63, 3.8) is 0 Å². The van der Waals surface area contributed by atoms with Crippen LogP contribution in [0.1, 0.15) is 53.9 Å². The molecule has 1 aliphatic rings. The largest absolute Gasteiger partial charge is 0.480 e. The molecule has 0 bridgehead atoms. The van der Waals surface area contributed by atoms with Crippen LogP contribution in [0.2, 0.25) is 0 Å². The topological polar surface area (TPSA) is 60.9 Å². The summed E-state index contributed by atoms with van der Waals surface area (Å²) in [6, 6.07) is -0.798. The third-order valence-electron chi connectivity index (χ3n) is 4.53. The van der Waals surface area contributed by atoms with Crippen LogP contribution in [0.3, 0.4) is 0 Å². The van der Waals surface area contributed by atoms with E-state index >= 15 is 0 Å². The second kappa shape index (κ2) is 6.67. The summed E-state index contributed by atoms with van der Waals surface area (Å²) in [5.41, 5.74) is -0.387. The molecule has 5 heteroatoms. The van der Waals surface area contributed by atoms with Crippen molar-refractivity contribution >= 4 is 12.0 Å². The van der Waals surface area contributed by atoms with E-state index in [2.05, 4.69) is 13.8 Å². The normalized spacial score (nSPS) is 23.0. The Hall–Kier alpha value is -1.26. The van der Waals surface area contributed by atoms with E-state index in [4.69, 9.17) is 0 Å². The number of carboxylic acids is 1. The molecule has 2 unspecified atom stereocenters. The molecule has 21 heavy (non-hydrogen) atoms. The lowest BCUT2D eigenvalue weighted by Gasteiger charge is -2.45. The molecule has 0 aromatic carbocycles. The highest BCUT2D eigenvalue weighted by Crippen LogP contribution is 2.36. The van der Waals surface area contributed by atoms with E-state index in [-0.39, 0.29) is 17.5 Å². The fourth-order valence-electron chi connectivity index (χ4n) is 3.30. The average Bonchev–Trinajstić information content (AvgIpc) is 2.34. The van der Waals surface area contributed by atoms with Crippen molar-refractivity contribution in [2.45, 2.75) is 66.0 Å². The highest BCUT2D eigenvalue weighted by molar-refractivity contribution is 5.83. The second-order valence-corrected chi connectivity index (χ2v) is 7.40. The van der Waals surface area contributed by atoms with Crippen LogP contribution in [0, 0.1) is 11.3 Å². The number of aliphatic carboxylic acids is 1. The van der Waals surface area contributed by atoms with Crippen LogP contribution in [-0.4, -0.2) is 52.6 Å². The van der Waals surface area contributed by atoms with Crippen molar-refractivity contribution in [2.75, 3.05) is 13.6 Å². The third kappa shape index (κ3) is 4.11. The van der Waals surface area contributed by atoms with Crippen LogP contribution in [0.25, 0.3) is 0 Å². The van der Waals surface area contributed by atoms with Gasteiger partial charge in [-0.2, -0.15) is 0 Å². The number of urea groups is 1. The molecule has 2 atom stereocenters. The van der Waals surface area contributed by atoms with Gasteiger partial charge in [0.15, 0.2) is 0 Å². The first-order chi connectivity index (χ1) is 9.58. The van der Waals surface area contributed by atoms with Crippen LogP contribution in [-0.2, 0) is 4.79 Å². The van der Waals surface area contributed by atoms with E-state index in [1.165, 1.54) is 0 Å². The Labute approximate surface area is 128 Å². The Bertz CT molecular complexity index is 393. The van der Waals surface area contributed by atoms with Crippen molar-refractivity contribution in [3.05, 3.63) is 0 Å². The predicted octanol–water partition coefficient (Wildman–Crippen LogP) is 3.05. The van der Waals surface area contributed by atoms with Crippen molar-refractivity contribution in [1.29, 1.82) is 0 Å². The molecule has 122 valence electrons. The van der Waals surface area contributed by atoms with E-state index in [0.29, 0.717) is 12.5 Å². The molecule has 2 amide bonds. The summed E-state index contributed by atoms with van der Waals surface area (Å²) in [6.07, 6.45) is 2.60. The smallest absolute Gasteiger partial charge is 0.327 e. The van der Waals surface area contributed by atoms with Gasteiger partial charge in [0, 0.05) is 19.6 Å². The predicted molar refractivity (Wildman–Crippen MR) is 83.2 cm³/mol. The molecule has 0 aromatic heterocycles. The number of hydrogen-bond donors (Lipinski definition) is 1. The molecule has 0 radical (unpaired) electrons. The SMILES string of the molecule is CC(C)CC(C)N(C)C(=O)N1CCCC(C)(C)C1C(=O)O. The fourth-order valence-corrected chi connectivity index (χ4v) is 3.30. The molecule has 1 aliphatic heterocycles. The van der Waals surface area contributed by atoms with Gasteiger partial charge < -0.3 is 14.9 Å². The second-order valence-electron chi connectivity index (χ2n) is 7.40. The van der Waals surface area contributed by atoms with Crippen LogP contribution in [0.5, 0.6) is 0 Å². The number of hydrogen-bond acceptors (Lipinski definition) is 2. The summed E-state index contributed by atoms with van der Waals surface area (Å²) in [6.45, 7) is 10.7. The van der Waals surface area contributed by atoms with E-state index in [1.54, 1.807) is 16.8 Å². The van der Waals surface area contributed by atoms with Crippen LogP contribution >= 0.6 is 0 Å². The van der Waals surface area contributed by atoms with Crippen LogP contribution in [0.15, 0.2) is 0 Å². The highest BCUT2D eigenvalue weighted by atomic mass is 16.4. The maximum atomic E-state index is 12.7. The molecule has 0 spiro atoms. The summed E-state index contributed by atoms with van der Waals surface area (Å²) in [4.78, 5) is 27.6. The standard InChI is InChI=1S/C16H30N2O3/c1-11(2)10-12(3)17(6)15(21)18-9-7-8-16(4,5)13(18)14(19)20/h11-13H,7-10H2,1-6H3,(H,19,20). The van der Waals surface area contributed by atoms with Gasteiger partial charge in [-0.05, 0) is 37.5 Å². The number of likely N-dealkylation sites (tertiary alicyclic amines) is 1. The molecular weight excluding hydrogens is 268 g/mol. The minimum absolute atomic E-state index is 0.108. The molecule has 1 heterocycles. The van der Waals surface area contributed by atoms with Gasteiger partial charge >= 0.3 is 12.0 Å². The summed E-state index contributed by atoms with van der Waals surface area (Å²) in [5.74, 6) is -0.402. The van der Waals surface area contributed by atoms with Gasteiger partial charge in [0.05, 0.1) is 0 Å². The van der Waals surface area contributed by atoms with E-state index in [1.807, 2.05) is 20.8 Å². The maximum absolute atomic E-state index is 12.7. The molecule has 5 nitrogen and oxygen atoms in total. The number of rotatable bonds is 4. The minimum atomic E-state index is -0.905. The molecule has 0 aromatic rings. The Morgan fingerprint density at radius 1 is 1.33 bits per heavy atom. The van der Waals surface area contributed by atoms with Gasteiger partial charge in [0.25, 0.3) is 0 Å². The van der Waals surface area contributed by atoms with Crippen LogP contribution < -0.4 is 0 Å². The maximum Gasteiger partial charge on any atom is 0.327 e. The number of carbonyl (C=O) groups is 2. The Morgan fingerprint density at radius 3 is 2.38 bits per heavy atom. The quantitative estimate of drug-likeness (QED) is 0.867. The zero-order valence-electron chi connectivity index (χ0n) is 14.2. The minimum Gasteiger partial charge on any atom is -0.480 e. The van der Waals surface area contributed by atoms with Crippen molar-refractivity contribution in [1.82, 2.24) is 9.80 Å². The first-order valence-electron chi connectivity index (χ1n) is 7.84. The van der Waals surface area contributed by atoms with Gasteiger partial charge in [0.1, 0.15) is 6.04 Å². The molecular formula is C16H30N2O3. The van der Waals surface area contributed by atoms with Gasteiger partial charge in [-0.15, -0.1) is 0 Å². The van der Waals surface area contributed by atoms with Crippen molar-refractivity contribution in [2.24, 2.45) is 11.3 Å². The summed E-state index contributed by atoms with van der Waals surface area (Å²) in [7, 11) is 1.77. The zero-order valence-corrected chi connectivity index (χ0v) is 14.2. The molecule has 1 fully saturated rings. The monoisotopic (exact) mass is 298 g/mol. The first kappa shape index (κ1) is 17.8. The third-order valence-corrected chi connectivity index (χ3v) is 4.53. The number of nitrogens with zero attached hydrogens (tertiary/aromatic N) is 2. The first-order valence-corrected chi connectivity index (χ1v) is 7.84. The molecule has 0 saturated carbocycles. The molecule has 1 saturated heterocycles. The molecule has 1 rings (SSSR count). The summed E-state index contributed by atoms with van der Waals surface area (Å²) < 4.78 is 0. The number of carbonyl (C=O) groups excluding carboxylic acids is 1. The van der Waals surface area contributed by atoms with Gasteiger partial charge in [-0.25, -0.2) is 9.59 Å². The highest BCUT2D eigenvalue weighted by Gasteiger charge is 2.45. The Balaban J connectivity index is 2.90. The van der Waals surface area contributed by atoms with E-state index in [0.717, 1.165) is 19.3 Å². The molecule has 0 aliphatic carbocycles. The Kier molecular flexibility index (Phi) is 5.65. The van der Waals surface area contributed by atoms with E-state index < -0.39 is 12.0 Å². The average molecular weight is 298 g/mol. The lowest BCUT2D eigenvalue weighted by atomic mass is 9.76. The number of amides is 2. The van der Waals surface area contributed by atoms with E-state index in [9.17, 15) is 14.7 Å². The van der Waals surface area contributed by atoms with Gasteiger partial charge in [-0.1, -0.05) is 27.7 Å². The fraction of sp³-hybridized carbons (Fsp3) is 0.875. The zero-order chi connectivity index (χ0) is 16.4. The summed E-state index contributed by atoms with van der Waals surface area (Å²) in [5, 5.41) is 9.55. The number of piperidine rings is 1. The summed E-state index contributed by atoms with van der Waals surface area (Å²) >= 11 is 0. The molecule has 1 N–H and O–H groups in total. The van der Waals surface area contributed by atoms with Gasteiger partial charge in [-0.3, -0.25) is 0 Å².